The first-order valence-electron chi connectivity index (χ1n) is 5.50. The lowest BCUT2D eigenvalue weighted by Gasteiger charge is -2.25. The first kappa shape index (κ1) is 12.6. The molecule has 0 aromatic carbocycles. The highest BCUT2D eigenvalue weighted by Crippen LogP contribution is 2.11. The van der Waals surface area contributed by atoms with Gasteiger partial charge >= 0.3 is 0 Å². The van der Waals surface area contributed by atoms with E-state index in [1.165, 1.54) is 5.01 Å². The van der Waals surface area contributed by atoms with E-state index in [1.54, 1.807) is 24.5 Å². The fraction of sp³-hybridized carbons (Fsp3) is 0.500. The molecule has 4 heteroatoms. The van der Waals surface area contributed by atoms with Crippen molar-refractivity contribution in [1.29, 1.82) is 0 Å². The molecule has 1 unspecified atom stereocenters. The minimum Gasteiger partial charge on any atom is -0.274 e. The average molecular weight is 221 g/mol. The largest absolute Gasteiger partial charge is 0.274 e. The molecule has 0 saturated carbocycles. The van der Waals surface area contributed by atoms with Crippen molar-refractivity contribution in [2.24, 2.45) is 11.8 Å². The molecule has 1 amide bonds. The van der Waals surface area contributed by atoms with Crippen LogP contribution >= 0.6 is 0 Å². The first-order valence-corrected chi connectivity index (χ1v) is 5.50. The van der Waals surface area contributed by atoms with Gasteiger partial charge in [0.1, 0.15) is 0 Å². The topological polar surface area (TPSA) is 59.2 Å². The van der Waals surface area contributed by atoms with Gasteiger partial charge in [-0.3, -0.25) is 14.8 Å². The summed E-state index contributed by atoms with van der Waals surface area (Å²) in [7, 11) is 0. The summed E-state index contributed by atoms with van der Waals surface area (Å²) in [5, 5.41) is 1.30. The van der Waals surface area contributed by atoms with Gasteiger partial charge in [-0.25, -0.2) is 5.84 Å². The van der Waals surface area contributed by atoms with Crippen molar-refractivity contribution in [2.75, 3.05) is 0 Å². The maximum atomic E-state index is 11.9. The Bertz CT molecular complexity index is 337. The minimum atomic E-state index is -0.157. The van der Waals surface area contributed by atoms with Gasteiger partial charge in [0.05, 0.1) is 0 Å². The summed E-state index contributed by atoms with van der Waals surface area (Å²) in [4.78, 5) is 15.8. The molecule has 1 aromatic rings. The highest BCUT2D eigenvalue weighted by atomic mass is 16.2. The molecule has 1 rings (SSSR count). The van der Waals surface area contributed by atoms with Crippen LogP contribution in [0.2, 0.25) is 0 Å². The van der Waals surface area contributed by atoms with Crippen LogP contribution in [0.15, 0.2) is 24.5 Å². The Morgan fingerprint density at radius 3 is 2.44 bits per heavy atom. The summed E-state index contributed by atoms with van der Waals surface area (Å²) in [5.41, 5.74) is 0.577. The smallest absolute Gasteiger partial charge is 0.268 e. The van der Waals surface area contributed by atoms with Crippen LogP contribution in [0.25, 0.3) is 0 Å². The number of carbonyl (C=O) groups is 1. The summed E-state index contributed by atoms with van der Waals surface area (Å²) in [5.74, 6) is 6.17. The Hall–Kier alpha value is -1.42. The molecule has 1 heterocycles. The molecule has 4 nitrogen and oxygen atoms in total. The third-order valence-corrected chi connectivity index (χ3v) is 2.45. The fourth-order valence-electron chi connectivity index (χ4n) is 1.64. The van der Waals surface area contributed by atoms with E-state index < -0.39 is 0 Å². The van der Waals surface area contributed by atoms with Crippen LogP contribution in [0, 0.1) is 5.92 Å². The van der Waals surface area contributed by atoms with Gasteiger partial charge in [-0.2, -0.15) is 0 Å². The summed E-state index contributed by atoms with van der Waals surface area (Å²) < 4.78 is 0. The number of pyridine rings is 1. The SMILES string of the molecule is CC(C)CC(C)N(N)C(=O)c1ccncc1. The molecular formula is C12H19N3O. The van der Waals surface area contributed by atoms with Crippen molar-refractivity contribution in [1.82, 2.24) is 9.99 Å². The zero-order valence-electron chi connectivity index (χ0n) is 10.1. The predicted molar refractivity (Wildman–Crippen MR) is 63.5 cm³/mol. The zero-order chi connectivity index (χ0) is 12.1. The van der Waals surface area contributed by atoms with Gasteiger partial charge in [0, 0.05) is 24.0 Å². The number of rotatable bonds is 4. The third-order valence-electron chi connectivity index (χ3n) is 2.45. The number of nitrogens with two attached hydrogens (primary N) is 1. The highest BCUT2D eigenvalue weighted by Gasteiger charge is 2.18. The van der Waals surface area contributed by atoms with Crippen LogP contribution in [0.5, 0.6) is 0 Å². The quantitative estimate of drug-likeness (QED) is 0.479. The minimum absolute atomic E-state index is 0.0423. The molecule has 16 heavy (non-hydrogen) atoms. The second kappa shape index (κ2) is 5.61. The Morgan fingerprint density at radius 1 is 1.38 bits per heavy atom. The molecule has 2 N–H and O–H groups in total. The molecule has 1 atom stereocenters. The van der Waals surface area contributed by atoms with Crippen LogP contribution in [0.4, 0.5) is 0 Å². The lowest BCUT2D eigenvalue weighted by atomic mass is 10.0. The second-order valence-electron chi connectivity index (χ2n) is 4.43. The van der Waals surface area contributed by atoms with Gasteiger partial charge in [0.25, 0.3) is 5.91 Å². The third kappa shape index (κ3) is 3.31. The molecule has 0 aliphatic rings. The molecule has 0 bridgehead atoms. The maximum Gasteiger partial charge on any atom is 0.268 e. The lowest BCUT2D eigenvalue weighted by Crippen LogP contribution is -2.44. The Balaban J connectivity index is 2.67. The van der Waals surface area contributed by atoms with Gasteiger partial charge in [0.2, 0.25) is 0 Å². The van der Waals surface area contributed by atoms with Crippen LogP contribution in [-0.4, -0.2) is 21.9 Å². The fourth-order valence-corrected chi connectivity index (χ4v) is 1.64. The highest BCUT2D eigenvalue weighted by molar-refractivity contribution is 5.93. The van der Waals surface area contributed by atoms with E-state index in [9.17, 15) is 4.79 Å². The number of hydrazine groups is 1. The maximum absolute atomic E-state index is 11.9. The van der Waals surface area contributed by atoms with Gasteiger partial charge < -0.3 is 0 Å². The number of carbonyl (C=O) groups excluding carboxylic acids is 1. The predicted octanol–water partition coefficient (Wildman–Crippen LogP) is 1.83. The zero-order valence-corrected chi connectivity index (χ0v) is 10.1. The number of hydrogen-bond donors (Lipinski definition) is 1. The van der Waals surface area contributed by atoms with Crippen molar-refractivity contribution < 1.29 is 4.79 Å². The number of nitrogens with zero attached hydrogens (tertiary/aromatic N) is 2. The molecular weight excluding hydrogens is 202 g/mol. The van der Waals surface area contributed by atoms with Gasteiger partial charge in [-0.05, 0) is 31.4 Å². The normalized spacial score (nSPS) is 12.6. The summed E-state index contributed by atoms with van der Waals surface area (Å²) in [6.45, 7) is 6.18. The van der Waals surface area contributed by atoms with Gasteiger partial charge in [-0.1, -0.05) is 13.8 Å². The number of amides is 1. The van der Waals surface area contributed by atoms with E-state index in [2.05, 4.69) is 18.8 Å². The van der Waals surface area contributed by atoms with E-state index in [-0.39, 0.29) is 11.9 Å². The van der Waals surface area contributed by atoms with Gasteiger partial charge in [0.15, 0.2) is 0 Å². The molecule has 0 aliphatic heterocycles. The molecule has 0 saturated heterocycles. The standard InChI is InChI=1S/C12H19N3O/c1-9(2)8-10(3)15(13)12(16)11-4-6-14-7-5-11/h4-7,9-10H,8,13H2,1-3H3. The summed E-state index contributed by atoms with van der Waals surface area (Å²) in [6, 6.07) is 3.38. The Morgan fingerprint density at radius 2 is 1.94 bits per heavy atom. The van der Waals surface area contributed by atoms with Crippen molar-refractivity contribution >= 4 is 5.91 Å². The van der Waals surface area contributed by atoms with Crippen LogP contribution in [-0.2, 0) is 0 Å². The van der Waals surface area contributed by atoms with Crippen molar-refractivity contribution in [3.63, 3.8) is 0 Å². The Kier molecular flexibility index (Phi) is 4.43. The molecule has 0 radical (unpaired) electrons. The Labute approximate surface area is 96.4 Å². The van der Waals surface area contributed by atoms with E-state index in [0.29, 0.717) is 11.5 Å². The molecule has 0 spiro atoms. The summed E-state index contributed by atoms with van der Waals surface area (Å²) in [6.07, 6.45) is 4.08. The van der Waals surface area contributed by atoms with E-state index in [1.807, 2.05) is 6.92 Å². The van der Waals surface area contributed by atoms with Crippen molar-refractivity contribution in [3.05, 3.63) is 30.1 Å². The first-order chi connectivity index (χ1) is 7.52. The van der Waals surface area contributed by atoms with E-state index in [0.717, 1.165) is 6.42 Å². The molecule has 1 aromatic heterocycles. The van der Waals surface area contributed by atoms with Crippen LogP contribution in [0.3, 0.4) is 0 Å². The molecule has 88 valence electrons. The monoisotopic (exact) mass is 221 g/mol. The van der Waals surface area contributed by atoms with Crippen LogP contribution < -0.4 is 5.84 Å². The van der Waals surface area contributed by atoms with E-state index in [4.69, 9.17) is 5.84 Å². The van der Waals surface area contributed by atoms with Gasteiger partial charge in [-0.15, -0.1) is 0 Å². The van der Waals surface area contributed by atoms with Crippen molar-refractivity contribution in [2.45, 2.75) is 33.2 Å². The second-order valence-corrected chi connectivity index (χ2v) is 4.43. The van der Waals surface area contributed by atoms with E-state index >= 15 is 0 Å². The van der Waals surface area contributed by atoms with Crippen molar-refractivity contribution in [3.8, 4) is 0 Å². The molecule has 0 fully saturated rings. The molecule has 0 aliphatic carbocycles. The average Bonchev–Trinajstić information content (AvgIpc) is 2.27. The number of aromatic nitrogens is 1. The summed E-state index contributed by atoms with van der Waals surface area (Å²) >= 11 is 0. The lowest BCUT2D eigenvalue weighted by molar-refractivity contribution is 0.0672. The van der Waals surface area contributed by atoms with Crippen LogP contribution in [0.1, 0.15) is 37.6 Å². The number of hydrogen-bond acceptors (Lipinski definition) is 3.